The van der Waals surface area contributed by atoms with E-state index in [0.717, 1.165) is 31.4 Å². The van der Waals surface area contributed by atoms with E-state index in [0.29, 0.717) is 36.2 Å². The highest BCUT2D eigenvalue weighted by Crippen LogP contribution is 2.35. The maximum Gasteiger partial charge on any atom is 0.338 e. The van der Waals surface area contributed by atoms with Crippen molar-refractivity contribution in [3.63, 3.8) is 0 Å². The molecule has 1 aromatic carbocycles. The molecule has 1 saturated carbocycles. The van der Waals surface area contributed by atoms with Crippen molar-refractivity contribution in [2.45, 2.75) is 51.0 Å². The molecule has 29 heavy (non-hydrogen) atoms. The minimum absolute atomic E-state index is 0.112. The summed E-state index contributed by atoms with van der Waals surface area (Å²) in [5, 5.41) is 0. The zero-order valence-electron chi connectivity index (χ0n) is 16.8. The Hall–Kier alpha value is -2.09. The summed E-state index contributed by atoms with van der Waals surface area (Å²) in [6.45, 7) is 0.884. The van der Waals surface area contributed by atoms with Crippen LogP contribution < -0.4 is 4.31 Å². The normalized spacial score (nSPS) is 24.0. The zero-order chi connectivity index (χ0) is 20.6. The molecular weight excluding hydrogens is 392 g/mol. The van der Waals surface area contributed by atoms with E-state index >= 15 is 0 Å². The van der Waals surface area contributed by atoms with E-state index in [1.807, 2.05) is 4.90 Å². The Morgan fingerprint density at radius 2 is 1.86 bits per heavy atom. The molecule has 0 unspecified atom stereocenters. The van der Waals surface area contributed by atoms with Gasteiger partial charge in [0, 0.05) is 19.1 Å². The number of likely N-dealkylation sites (tertiary alicyclic amines) is 1. The first kappa shape index (κ1) is 20.2. The van der Waals surface area contributed by atoms with Crippen molar-refractivity contribution < 1.29 is 22.7 Å². The van der Waals surface area contributed by atoms with Crippen LogP contribution in [0.1, 0.15) is 54.4 Å². The second kappa shape index (κ2) is 7.97. The van der Waals surface area contributed by atoms with Crippen LogP contribution in [0.5, 0.6) is 0 Å². The Kier molecular flexibility index (Phi) is 5.55. The summed E-state index contributed by atoms with van der Waals surface area (Å²) in [6, 6.07) is 5.17. The molecule has 0 bridgehead atoms. The standard InChI is InChI=1S/C21H28N2O5S/c1-29(26,27)23-12-10-16-13-17(8-9-19(16)23)21(25)28-14-20(24)22-11-4-6-15-5-2-3-7-18(15)22/h8-9,13,15,18H,2-7,10-12,14H2,1H3/t15-,18-/m0/s1. The molecule has 1 aromatic rings. The van der Waals surface area contributed by atoms with Crippen molar-refractivity contribution in [1.82, 2.24) is 4.90 Å². The number of piperidine rings is 1. The lowest BCUT2D eigenvalue weighted by molar-refractivity contribution is -0.140. The van der Waals surface area contributed by atoms with E-state index in [2.05, 4.69) is 0 Å². The number of ether oxygens (including phenoxy) is 1. The van der Waals surface area contributed by atoms with Crippen molar-refractivity contribution in [1.29, 1.82) is 0 Å². The van der Waals surface area contributed by atoms with Crippen LogP contribution >= 0.6 is 0 Å². The van der Waals surface area contributed by atoms with E-state index in [1.54, 1.807) is 18.2 Å². The molecule has 158 valence electrons. The van der Waals surface area contributed by atoms with Gasteiger partial charge in [-0.05, 0) is 61.8 Å². The summed E-state index contributed by atoms with van der Waals surface area (Å²) in [6.07, 6.45) is 8.57. The fourth-order valence-corrected chi connectivity index (χ4v) is 6.03. The Labute approximate surface area is 172 Å². The SMILES string of the molecule is CS(=O)(=O)N1CCc2cc(C(=O)OCC(=O)N3CCC[C@@H]4CCCC[C@@H]43)ccc21. The summed E-state index contributed by atoms with van der Waals surface area (Å²) >= 11 is 0. The molecule has 2 fully saturated rings. The van der Waals surface area contributed by atoms with Crippen molar-refractivity contribution >= 4 is 27.6 Å². The topological polar surface area (TPSA) is 84.0 Å². The highest BCUT2D eigenvalue weighted by atomic mass is 32.2. The maximum absolute atomic E-state index is 12.7. The van der Waals surface area contributed by atoms with Crippen LogP contribution in [0.4, 0.5) is 5.69 Å². The summed E-state index contributed by atoms with van der Waals surface area (Å²) in [7, 11) is -3.33. The first-order chi connectivity index (χ1) is 13.8. The van der Waals surface area contributed by atoms with Crippen LogP contribution in [0.2, 0.25) is 0 Å². The third kappa shape index (κ3) is 4.13. The highest BCUT2D eigenvalue weighted by molar-refractivity contribution is 7.92. The number of carbonyl (C=O) groups excluding carboxylic acids is 2. The van der Waals surface area contributed by atoms with Gasteiger partial charge in [0.25, 0.3) is 5.91 Å². The fraction of sp³-hybridized carbons (Fsp3) is 0.619. The molecule has 2 aliphatic heterocycles. The van der Waals surface area contributed by atoms with Gasteiger partial charge in [0.1, 0.15) is 0 Å². The number of sulfonamides is 1. The average molecular weight is 421 g/mol. The molecule has 2 heterocycles. The van der Waals surface area contributed by atoms with Gasteiger partial charge in [0.05, 0.1) is 17.5 Å². The van der Waals surface area contributed by atoms with Gasteiger partial charge in [-0.15, -0.1) is 0 Å². The third-order valence-electron chi connectivity index (χ3n) is 6.46. The quantitative estimate of drug-likeness (QED) is 0.698. The van der Waals surface area contributed by atoms with Crippen molar-refractivity contribution in [2.24, 2.45) is 5.92 Å². The van der Waals surface area contributed by atoms with E-state index in [4.69, 9.17) is 4.74 Å². The summed E-state index contributed by atoms with van der Waals surface area (Å²) in [4.78, 5) is 27.1. The Morgan fingerprint density at radius 1 is 1.10 bits per heavy atom. The first-order valence-corrected chi connectivity index (χ1v) is 12.3. The first-order valence-electron chi connectivity index (χ1n) is 10.4. The van der Waals surface area contributed by atoms with Crippen molar-refractivity contribution in [3.05, 3.63) is 29.3 Å². The molecule has 1 amide bonds. The lowest BCUT2D eigenvalue weighted by atomic mass is 9.78. The largest absolute Gasteiger partial charge is 0.452 e. The van der Waals surface area contributed by atoms with E-state index in [1.165, 1.54) is 29.8 Å². The number of fused-ring (bicyclic) bond motifs is 2. The molecule has 1 aliphatic carbocycles. The van der Waals surface area contributed by atoms with Crippen molar-refractivity contribution in [2.75, 3.05) is 30.3 Å². The summed E-state index contributed by atoms with van der Waals surface area (Å²) in [5.41, 5.74) is 1.76. The lowest BCUT2D eigenvalue weighted by Crippen LogP contribution is -2.50. The van der Waals surface area contributed by atoms with Gasteiger partial charge in [-0.1, -0.05) is 12.8 Å². The van der Waals surface area contributed by atoms with Gasteiger partial charge in [-0.3, -0.25) is 9.10 Å². The minimum atomic E-state index is -3.33. The number of benzene rings is 1. The van der Waals surface area contributed by atoms with Gasteiger partial charge in [-0.2, -0.15) is 0 Å². The number of hydrogen-bond donors (Lipinski definition) is 0. The van der Waals surface area contributed by atoms with E-state index in [9.17, 15) is 18.0 Å². The predicted octanol–water partition coefficient (Wildman–Crippen LogP) is 2.35. The van der Waals surface area contributed by atoms with Gasteiger partial charge in [0.15, 0.2) is 6.61 Å². The van der Waals surface area contributed by atoms with Crippen LogP contribution in [0.25, 0.3) is 0 Å². The number of hydrogen-bond acceptors (Lipinski definition) is 5. The van der Waals surface area contributed by atoms with Crippen LogP contribution in [-0.2, 0) is 26.0 Å². The lowest BCUT2D eigenvalue weighted by Gasteiger charge is -2.44. The number of anilines is 1. The van der Waals surface area contributed by atoms with Gasteiger partial charge in [0.2, 0.25) is 10.0 Å². The average Bonchev–Trinajstić information content (AvgIpc) is 3.15. The molecule has 0 N–H and O–H groups in total. The number of nitrogens with zero attached hydrogens (tertiary/aromatic N) is 2. The summed E-state index contributed by atoms with van der Waals surface area (Å²) < 4.78 is 30.3. The monoisotopic (exact) mass is 420 g/mol. The number of esters is 1. The smallest absolute Gasteiger partial charge is 0.338 e. The Morgan fingerprint density at radius 3 is 2.66 bits per heavy atom. The third-order valence-corrected chi connectivity index (χ3v) is 7.64. The molecule has 0 spiro atoms. The highest BCUT2D eigenvalue weighted by Gasteiger charge is 2.36. The Balaban J connectivity index is 1.38. The summed E-state index contributed by atoms with van der Waals surface area (Å²) in [5.74, 6) is -0.0674. The Bertz CT molecular complexity index is 912. The number of amides is 1. The van der Waals surface area contributed by atoms with E-state index in [-0.39, 0.29) is 12.5 Å². The van der Waals surface area contributed by atoms with Gasteiger partial charge < -0.3 is 9.64 Å². The zero-order valence-corrected chi connectivity index (χ0v) is 17.6. The second-order valence-electron chi connectivity index (χ2n) is 8.35. The molecule has 0 radical (unpaired) electrons. The van der Waals surface area contributed by atoms with Crippen molar-refractivity contribution in [3.8, 4) is 0 Å². The van der Waals surface area contributed by atoms with Gasteiger partial charge >= 0.3 is 5.97 Å². The van der Waals surface area contributed by atoms with Crippen LogP contribution in [0, 0.1) is 5.92 Å². The molecule has 1 saturated heterocycles. The molecule has 8 heteroatoms. The van der Waals surface area contributed by atoms with Crippen LogP contribution in [-0.4, -0.2) is 57.2 Å². The fourth-order valence-electron chi connectivity index (χ4n) is 5.07. The van der Waals surface area contributed by atoms with Gasteiger partial charge in [-0.25, -0.2) is 13.2 Å². The predicted molar refractivity (Wildman–Crippen MR) is 109 cm³/mol. The molecule has 0 aromatic heterocycles. The number of rotatable bonds is 4. The van der Waals surface area contributed by atoms with E-state index < -0.39 is 16.0 Å². The molecule has 4 rings (SSSR count). The second-order valence-corrected chi connectivity index (χ2v) is 10.3. The number of carbonyl (C=O) groups is 2. The minimum Gasteiger partial charge on any atom is -0.452 e. The molecule has 7 nitrogen and oxygen atoms in total. The maximum atomic E-state index is 12.7. The van der Waals surface area contributed by atoms with Crippen LogP contribution in [0.3, 0.4) is 0 Å². The van der Waals surface area contributed by atoms with Crippen LogP contribution in [0.15, 0.2) is 18.2 Å². The molecule has 2 atom stereocenters. The molecular formula is C21H28N2O5S. The molecule has 3 aliphatic rings.